The molecule has 3 heterocycles. The van der Waals surface area contributed by atoms with Crippen molar-refractivity contribution in [2.75, 3.05) is 7.11 Å². The molecule has 0 N–H and O–H groups in total. The molecule has 0 unspecified atom stereocenters. The van der Waals surface area contributed by atoms with Crippen molar-refractivity contribution in [1.29, 1.82) is 0 Å². The van der Waals surface area contributed by atoms with Gasteiger partial charge in [-0.15, -0.1) is 0 Å². The highest BCUT2D eigenvalue weighted by Gasteiger charge is 2.43. The molecule has 2 aliphatic rings. The molecule has 2 bridgehead atoms. The molecule has 0 radical (unpaired) electrons. The van der Waals surface area contributed by atoms with E-state index in [1.165, 1.54) is 10.8 Å². The summed E-state index contributed by atoms with van der Waals surface area (Å²) in [7, 11) is 1.70. The van der Waals surface area contributed by atoms with Gasteiger partial charge in [0.05, 0.1) is 25.5 Å². The first-order valence-electron chi connectivity index (χ1n) is 10.5. The Morgan fingerprint density at radius 2 is 1.76 bits per heavy atom. The van der Waals surface area contributed by atoms with Crippen molar-refractivity contribution in [3.05, 3.63) is 54.4 Å². The Bertz CT molecular complexity index is 1000. The first-order chi connectivity index (χ1) is 14.2. The average Bonchev–Trinajstić information content (AvgIpc) is 3.38. The summed E-state index contributed by atoms with van der Waals surface area (Å²) < 4.78 is 5.60. The second-order valence-corrected chi connectivity index (χ2v) is 8.13. The molecule has 2 aromatic carbocycles. The number of nitrogens with zero attached hydrogens (tertiary/aromatic N) is 4. The number of aromatic nitrogens is 3. The Morgan fingerprint density at radius 3 is 2.48 bits per heavy atom. The van der Waals surface area contributed by atoms with E-state index in [1.54, 1.807) is 19.5 Å². The van der Waals surface area contributed by atoms with Gasteiger partial charge in [0, 0.05) is 24.1 Å². The van der Waals surface area contributed by atoms with Gasteiger partial charge < -0.3 is 9.64 Å². The lowest BCUT2D eigenvalue weighted by molar-refractivity contribution is -0.136. The largest absolute Gasteiger partial charge is 0.496 e. The summed E-state index contributed by atoms with van der Waals surface area (Å²) in [5, 5.41) is 11.0. The minimum atomic E-state index is 0.263. The molecule has 3 aromatic rings. The third-order valence-electron chi connectivity index (χ3n) is 6.57. The number of rotatable bonds is 5. The van der Waals surface area contributed by atoms with Crippen molar-refractivity contribution < 1.29 is 9.53 Å². The van der Waals surface area contributed by atoms with E-state index >= 15 is 0 Å². The van der Waals surface area contributed by atoms with Crippen LogP contribution in [-0.4, -0.2) is 45.0 Å². The van der Waals surface area contributed by atoms with Crippen LogP contribution in [0.5, 0.6) is 5.75 Å². The smallest absolute Gasteiger partial charge is 0.223 e. The van der Waals surface area contributed by atoms with Crippen LogP contribution < -0.4 is 4.74 Å². The van der Waals surface area contributed by atoms with Crippen LogP contribution in [0.1, 0.15) is 43.7 Å². The Morgan fingerprint density at radius 1 is 1.03 bits per heavy atom. The first kappa shape index (κ1) is 18.2. The molecule has 0 spiro atoms. The Hall–Kier alpha value is -2.89. The van der Waals surface area contributed by atoms with Gasteiger partial charge in [0.2, 0.25) is 5.91 Å². The summed E-state index contributed by atoms with van der Waals surface area (Å²) in [5.41, 5.74) is 1.13. The fourth-order valence-electron chi connectivity index (χ4n) is 5.28. The summed E-state index contributed by atoms with van der Waals surface area (Å²) >= 11 is 0. The van der Waals surface area contributed by atoms with Crippen LogP contribution in [0.4, 0.5) is 0 Å². The van der Waals surface area contributed by atoms with E-state index in [1.807, 2.05) is 23.0 Å². The van der Waals surface area contributed by atoms with E-state index in [4.69, 9.17) is 4.74 Å². The van der Waals surface area contributed by atoms with Crippen LogP contribution in [0, 0.1) is 0 Å². The maximum atomic E-state index is 13.2. The number of methoxy groups -OCH3 is 1. The molecule has 2 saturated heterocycles. The molecule has 5 rings (SSSR count). The van der Waals surface area contributed by atoms with Crippen molar-refractivity contribution in [3.8, 4) is 5.75 Å². The van der Waals surface area contributed by atoms with Gasteiger partial charge in [0.1, 0.15) is 5.75 Å². The maximum absolute atomic E-state index is 13.2. The number of piperidine rings is 1. The molecule has 0 aliphatic carbocycles. The van der Waals surface area contributed by atoms with Gasteiger partial charge in [0.15, 0.2) is 0 Å². The number of carbonyl (C=O) groups is 1. The van der Waals surface area contributed by atoms with Crippen molar-refractivity contribution in [2.24, 2.45) is 0 Å². The molecule has 150 valence electrons. The van der Waals surface area contributed by atoms with Crippen LogP contribution in [0.25, 0.3) is 10.8 Å². The predicted octanol–water partition coefficient (Wildman–Crippen LogP) is 3.77. The first-order valence-corrected chi connectivity index (χ1v) is 10.5. The average molecular weight is 390 g/mol. The molecule has 2 aliphatic heterocycles. The minimum Gasteiger partial charge on any atom is -0.496 e. The fourth-order valence-corrected chi connectivity index (χ4v) is 5.28. The number of benzene rings is 2. The molecule has 0 saturated carbocycles. The van der Waals surface area contributed by atoms with E-state index in [0.717, 1.165) is 37.0 Å². The van der Waals surface area contributed by atoms with Gasteiger partial charge >= 0.3 is 0 Å². The lowest BCUT2D eigenvalue weighted by Gasteiger charge is -2.38. The van der Waals surface area contributed by atoms with Crippen molar-refractivity contribution >= 4 is 16.7 Å². The van der Waals surface area contributed by atoms with Crippen LogP contribution in [0.3, 0.4) is 0 Å². The SMILES string of the molecule is COc1ccc2ccccc2c1CCC(=O)N1[C@H]2CC[C@H]1CC(n1nccn1)C2. The third-order valence-corrected chi connectivity index (χ3v) is 6.57. The molecule has 2 fully saturated rings. The number of aryl methyl sites for hydroxylation is 1. The molecule has 6 heteroatoms. The monoisotopic (exact) mass is 390 g/mol. The number of fused-ring (bicyclic) bond motifs is 3. The molecule has 6 nitrogen and oxygen atoms in total. The summed E-state index contributed by atoms with van der Waals surface area (Å²) in [6, 6.07) is 13.3. The highest BCUT2D eigenvalue weighted by atomic mass is 16.5. The van der Waals surface area contributed by atoms with E-state index in [0.29, 0.717) is 31.0 Å². The summed E-state index contributed by atoms with van der Waals surface area (Å²) in [4.78, 5) is 17.2. The number of hydrogen-bond donors (Lipinski definition) is 0. The Labute approximate surface area is 170 Å². The third kappa shape index (κ3) is 3.26. The summed E-state index contributed by atoms with van der Waals surface area (Å²) in [6.45, 7) is 0. The van der Waals surface area contributed by atoms with Crippen LogP contribution in [0.2, 0.25) is 0 Å². The van der Waals surface area contributed by atoms with Crippen LogP contribution >= 0.6 is 0 Å². The van der Waals surface area contributed by atoms with Gasteiger partial charge in [-0.3, -0.25) is 4.79 Å². The van der Waals surface area contributed by atoms with Gasteiger partial charge in [-0.25, -0.2) is 0 Å². The summed E-state index contributed by atoms with van der Waals surface area (Å²) in [6.07, 6.45) is 8.76. The number of ether oxygens (including phenoxy) is 1. The maximum Gasteiger partial charge on any atom is 0.223 e. The van der Waals surface area contributed by atoms with E-state index in [-0.39, 0.29) is 5.91 Å². The molecule has 1 aromatic heterocycles. The zero-order chi connectivity index (χ0) is 19.8. The van der Waals surface area contributed by atoms with Gasteiger partial charge in [-0.1, -0.05) is 30.3 Å². The summed E-state index contributed by atoms with van der Waals surface area (Å²) in [5.74, 6) is 1.13. The number of amides is 1. The van der Waals surface area contributed by atoms with E-state index < -0.39 is 0 Å². The van der Waals surface area contributed by atoms with E-state index in [2.05, 4.69) is 33.3 Å². The highest BCUT2D eigenvalue weighted by molar-refractivity contribution is 5.88. The fraction of sp³-hybridized carbons (Fsp3) is 0.435. The molecule has 1 amide bonds. The van der Waals surface area contributed by atoms with Gasteiger partial charge in [-0.05, 0) is 48.9 Å². The standard InChI is InChI=1S/C23H26N4O2/c1-29-22-10-6-16-4-2-3-5-20(16)21(22)9-11-23(28)26-17-7-8-18(26)15-19(14-17)27-24-12-13-25-27/h2-6,10,12-13,17-19H,7-9,11,14-15H2,1H3/t17-,18-/m0/s1. The quantitative estimate of drug-likeness (QED) is 0.665. The molecular weight excluding hydrogens is 364 g/mol. The molecule has 2 atom stereocenters. The lowest BCUT2D eigenvalue weighted by atomic mass is 9.96. The van der Waals surface area contributed by atoms with Gasteiger partial charge in [-0.2, -0.15) is 15.0 Å². The van der Waals surface area contributed by atoms with Crippen molar-refractivity contribution in [3.63, 3.8) is 0 Å². The van der Waals surface area contributed by atoms with Crippen LogP contribution in [-0.2, 0) is 11.2 Å². The second-order valence-electron chi connectivity index (χ2n) is 8.13. The Kier molecular flexibility index (Phi) is 4.70. The zero-order valence-corrected chi connectivity index (χ0v) is 16.7. The number of carbonyl (C=O) groups excluding carboxylic acids is 1. The lowest BCUT2D eigenvalue weighted by Crippen LogP contribution is -2.47. The molecule has 29 heavy (non-hydrogen) atoms. The normalized spacial score (nSPS) is 23.5. The zero-order valence-electron chi connectivity index (χ0n) is 16.7. The second kappa shape index (κ2) is 7.50. The van der Waals surface area contributed by atoms with Crippen molar-refractivity contribution in [1.82, 2.24) is 19.9 Å². The van der Waals surface area contributed by atoms with E-state index in [9.17, 15) is 4.79 Å². The van der Waals surface area contributed by atoms with Crippen molar-refractivity contribution in [2.45, 2.75) is 56.7 Å². The minimum absolute atomic E-state index is 0.263. The molecular formula is C23H26N4O2. The highest BCUT2D eigenvalue weighted by Crippen LogP contribution is 2.41. The van der Waals surface area contributed by atoms with Gasteiger partial charge in [0.25, 0.3) is 0 Å². The topological polar surface area (TPSA) is 60.2 Å². The predicted molar refractivity (Wildman–Crippen MR) is 111 cm³/mol. The number of hydrogen-bond acceptors (Lipinski definition) is 4. The Balaban J connectivity index is 1.32. The van der Waals surface area contributed by atoms with Crippen LogP contribution in [0.15, 0.2) is 48.8 Å².